The number of carbonyl (C=O) groups is 2. The lowest BCUT2D eigenvalue weighted by Gasteiger charge is -2.29. The Morgan fingerprint density at radius 3 is 2.21 bits per heavy atom. The SMILES string of the molecule is CCOC(=O)C(COC1CCC(OCC)CC1)NC(=O)OCc1ccccc1. The minimum absolute atomic E-state index is 0.0516. The zero-order valence-corrected chi connectivity index (χ0v) is 16.7. The first-order valence-electron chi connectivity index (χ1n) is 9.99. The van der Waals surface area contributed by atoms with Crippen LogP contribution in [0, 0.1) is 0 Å². The summed E-state index contributed by atoms with van der Waals surface area (Å²) in [4.78, 5) is 24.3. The average Bonchev–Trinajstić information content (AvgIpc) is 2.72. The van der Waals surface area contributed by atoms with Crippen molar-refractivity contribution < 1.29 is 28.5 Å². The quantitative estimate of drug-likeness (QED) is 0.615. The minimum Gasteiger partial charge on any atom is -0.464 e. The predicted octanol–water partition coefficient (Wildman–Crippen LogP) is 3.21. The molecule has 1 fully saturated rings. The standard InChI is InChI=1S/C21H31NO6/c1-3-25-17-10-12-18(13-11-17)27-15-19(20(23)26-4-2)22-21(24)28-14-16-8-6-5-7-9-16/h5-9,17-19H,3-4,10-15H2,1-2H3,(H,22,24). The molecule has 1 aromatic carbocycles. The van der Waals surface area contributed by atoms with Crippen molar-refractivity contribution in [1.82, 2.24) is 5.32 Å². The topological polar surface area (TPSA) is 83.1 Å². The Hall–Kier alpha value is -2.12. The highest BCUT2D eigenvalue weighted by atomic mass is 16.6. The summed E-state index contributed by atoms with van der Waals surface area (Å²) in [5.74, 6) is -0.526. The fourth-order valence-corrected chi connectivity index (χ4v) is 3.15. The molecule has 0 spiro atoms. The Morgan fingerprint density at radius 2 is 1.61 bits per heavy atom. The minimum atomic E-state index is -0.896. The van der Waals surface area contributed by atoms with Gasteiger partial charge in [0.2, 0.25) is 0 Å². The zero-order valence-electron chi connectivity index (χ0n) is 16.7. The number of hydrogen-bond donors (Lipinski definition) is 1. The highest BCUT2D eigenvalue weighted by Gasteiger charge is 2.27. The van der Waals surface area contributed by atoms with Gasteiger partial charge in [-0.15, -0.1) is 0 Å². The number of alkyl carbamates (subject to hydrolysis) is 1. The van der Waals surface area contributed by atoms with Gasteiger partial charge in [0.05, 0.1) is 25.4 Å². The third-order valence-corrected chi connectivity index (χ3v) is 4.60. The molecule has 0 bridgehead atoms. The molecule has 0 radical (unpaired) electrons. The summed E-state index contributed by atoms with van der Waals surface area (Å²) in [6, 6.07) is 8.45. The van der Waals surface area contributed by atoms with Gasteiger partial charge in [0.1, 0.15) is 6.61 Å². The summed E-state index contributed by atoms with van der Waals surface area (Å²) < 4.78 is 21.8. The van der Waals surface area contributed by atoms with E-state index in [1.54, 1.807) is 6.92 Å². The molecule has 28 heavy (non-hydrogen) atoms. The highest BCUT2D eigenvalue weighted by molar-refractivity contribution is 5.81. The van der Waals surface area contributed by atoms with Crippen LogP contribution in [0.5, 0.6) is 0 Å². The number of benzene rings is 1. The van der Waals surface area contributed by atoms with Gasteiger partial charge in [-0.05, 0) is 45.1 Å². The van der Waals surface area contributed by atoms with Crippen LogP contribution in [0.3, 0.4) is 0 Å². The number of carbonyl (C=O) groups excluding carboxylic acids is 2. The van der Waals surface area contributed by atoms with E-state index in [2.05, 4.69) is 5.32 Å². The van der Waals surface area contributed by atoms with Crippen LogP contribution in [0.15, 0.2) is 30.3 Å². The Kier molecular flexibility index (Phi) is 9.79. The van der Waals surface area contributed by atoms with Crippen molar-refractivity contribution in [3.05, 3.63) is 35.9 Å². The van der Waals surface area contributed by atoms with E-state index in [4.69, 9.17) is 18.9 Å². The first kappa shape index (κ1) is 22.2. The third kappa shape index (κ3) is 7.86. The molecular formula is C21H31NO6. The Morgan fingerprint density at radius 1 is 0.964 bits per heavy atom. The van der Waals surface area contributed by atoms with Crippen LogP contribution < -0.4 is 5.32 Å². The highest BCUT2D eigenvalue weighted by Crippen LogP contribution is 2.23. The van der Waals surface area contributed by atoms with E-state index in [0.29, 0.717) is 0 Å². The Labute approximate surface area is 166 Å². The van der Waals surface area contributed by atoms with Gasteiger partial charge in [0.15, 0.2) is 6.04 Å². The molecule has 156 valence electrons. The van der Waals surface area contributed by atoms with Crippen molar-refractivity contribution in [3.8, 4) is 0 Å². The van der Waals surface area contributed by atoms with E-state index < -0.39 is 18.1 Å². The number of ether oxygens (including phenoxy) is 4. The molecule has 1 N–H and O–H groups in total. The van der Waals surface area contributed by atoms with Gasteiger partial charge < -0.3 is 24.3 Å². The molecular weight excluding hydrogens is 362 g/mol. The molecule has 0 saturated heterocycles. The van der Waals surface area contributed by atoms with Crippen LogP contribution in [0.4, 0.5) is 4.79 Å². The molecule has 1 aliphatic rings. The summed E-state index contributed by atoms with van der Waals surface area (Å²) in [6.07, 6.45) is 3.29. The summed E-state index contributed by atoms with van der Waals surface area (Å²) >= 11 is 0. The van der Waals surface area contributed by atoms with Crippen molar-refractivity contribution in [2.24, 2.45) is 0 Å². The number of esters is 1. The lowest BCUT2D eigenvalue weighted by molar-refractivity contribution is -0.148. The summed E-state index contributed by atoms with van der Waals surface area (Å²) in [7, 11) is 0. The van der Waals surface area contributed by atoms with Crippen LogP contribution in [0.25, 0.3) is 0 Å². The lowest BCUT2D eigenvalue weighted by atomic mass is 9.95. The molecule has 0 aromatic heterocycles. The van der Waals surface area contributed by atoms with Crippen molar-refractivity contribution in [2.45, 2.75) is 64.4 Å². The first-order chi connectivity index (χ1) is 13.6. The van der Waals surface area contributed by atoms with Gasteiger partial charge in [-0.1, -0.05) is 30.3 Å². The number of amides is 1. The number of rotatable bonds is 10. The summed E-state index contributed by atoms with van der Waals surface area (Å²) in [5, 5.41) is 2.56. The van der Waals surface area contributed by atoms with Gasteiger partial charge in [0, 0.05) is 6.61 Å². The molecule has 7 heteroatoms. The largest absolute Gasteiger partial charge is 0.464 e. The Bertz CT molecular complexity index is 586. The van der Waals surface area contributed by atoms with Crippen LogP contribution in [0.2, 0.25) is 0 Å². The normalized spacial score (nSPS) is 20.2. The predicted molar refractivity (Wildman–Crippen MR) is 104 cm³/mol. The molecule has 0 heterocycles. The molecule has 0 aliphatic heterocycles. The van der Waals surface area contributed by atoms with Crippen LogP contribution in [-0.4, -0.2) is 50.1 Å². The average molecular weight is 393 g/mol. The molecule has 1 atom stereocenters. The molecule has 1 saturated carbocycles. The molecule has 1 unspecified atom stereocenters. The van der Waals surface area contributed by atoms with Gasteiger partial charge in [-0.2, -0.15) is 0 Å². The van der Waals surface area contributed by atoms with Gasteiger partial charge in [-0.3, -0.25) is 0 Å². The van der Waals surface area contributed by atoms with E-state index in [1.165, 1.54) is 0 Å². The summed E-state index contributed by atoms with van der Waals surface area (Å²) in [6.45, 7) is 4.85. The fraction of sp³-hybridized carbons (Fsp3) is 0.619. The smallest absolute Gasteiger partial charge is 0.408 e. The van der Waals surface area contributed by atoms with Gasteiger partial charge in [-0.25, -0.2) is 9.59 Å². The number of nitrogens with one attached hydrogen (secondary N) is 1. The van der Waals surface area contributed by atoms with E-state index in [-0.39, 0.29) is 32.0 Å². The molecule has 1 aromatic rings. The number of hydrogen-bond acceptors (Lipinski definition) is 6. The van der Waals surface area contributed by atoms with E-state index >= 15 is 0 Å². The van der Waals surface area contributed by atoms with Crippen molar-refractivity contribution in [3.63, 3.8) is 0 Å². The van der Waals surface area contributed by atoms with Gasteiger partial charge in [0.25, 0.3) is 0 Å². The van der Waals surface area contributed by atoms with Crippen LogP contribution in [0.1, 0.15) is 45.1 Å². The van der Waals surface area contributed by atoms with Crippen LogP contribution in [-0.2, 0) is 30.3 Å². The molecule has 1 aliphatic carbocycles. The Balaban J connectivity index is 1.79. The molecule has 7 nitrogen and oxygen atoms in total. The maximum Gasteiger partial charge on any atom is 0.408 e. The molecule has 2 rings (SSSR count). The van der Waals surface area contributed by atoms with Gasteiger partial charge >= 0.3 is 12.1 Å². The second-order valence-electron chi connectivity index (χ2n) is 6.70. The van der Waals surface area contributed by atoms with E-state index in [0.717, 1.165) is 37.9 Å². The van der Waals surface area contributed by atoms with Crippen molar-refractivity contribution in [1.29, 1.82) is 0 Å². The second-order valence-corrected chi connectivity index (χ2v) is 6.70. The lowest BCUT2D eigenvalue weighted by Crippen LogP contribution is -2.46. The second kappa shape index (κ2) is 12.4. The maximum atomic E-state index is 12.2. The van der Waals surface area contributed by atoms with E-state index in [9.17, 15) is 9.59 Å². The monoisotopic (exact) mass is 393 g/mol. The zero-order chi connectivity index (χ0) is 20.2. The van der Waals surface area contributed by atoms with E-state index in [1.807, 2.05) is 37.3 Å². The van der Waals surface area contributed by atoms with Crippen molar-refractivity contribution >= 4 is 12.1 Å². The maximum absolute atomic E-state index is 12.2. The molecule has 1 amide bonds. The first-order valence-corrected chi connectivity index (χ1v) is 9.99. The fourth-order valence-electron chi connectivity index (χ4n) is 3.15. The van der Waals surface area contributed by atoms with Crippen molar-refractivity contribution in [2.75, 3.05) is 19.8 Å². The third-order valence-electron chi connectivity index (χ3n) is 4.60. The van der Waals surface area contributed by atoms with Crippen LogP contribution >= 0.6 is 0 Å². The summed E-state index contributed by atoms with van der Waals surface area (Å²) in [5.41, 5.74) is 0.868.